The minimum Gasteiger partial charge on any atom is -0.438 e. The lowest BCUT2D eigenvalue weighted by Crippen LogP contribution is -2.22. The van der Waals surface area contributed by atoms with Gasteiger partial charge in [-0.25, -0.2) is 4.98 Å². The van der Waals surface area contributed by atoms with E-state index in [1.165, 1.54) is 5.56 Å². The van der Waals surface area contributed by atoms with Gasteiger partial charge in [0.1, 0.15) is 5.75 Å². The second-order valence-electron chi connectivity index (χ2n) is 6.96. The smallest absolute Gasteiger partial charge is 0.230 e. The van der Waals surface area contributed by atoms with Gasteiger partial charge in [0.15, 0.2) is 5.84 Å². The summed E-state index contributed by atoms with van der Waals surface area (Å²) >= 11 is 0. The van der Waals surface area contributed by atoms with E-state index in [2.05, 4.69) is 42.3 Å². The Hall–Kier alpha value is -2.40. The van der Waals surface area contributed by atoms with Gasteiger partial charge in [-0.1, -0.05) is 19.9 Å². The fraction of sp³-hybridized carbons (Fsp3) is 0.400. The first-order valence-corrected chi connectivity index (χ1v) is 8.71. The van der Waals surface area contributed by atoms with Gasteiger partial charge >= 0.3 is 0 Å². The molecule has 0 amide bonds. The minimum atomic E-state index is 0.273. The van der Waals surface area contributed by atoms with E-state index >= 15 is 0 Å². The second kappa shape index (κ2) is 7.23. The van der Waals surface area contributed by atoms with Crippen molar-refractivity contribution in [1.29, 1.82) is 0 Å². The summed E-state index contributed by atoms with van der Waals surface area (Å²) in [5, 5.41) is 9.51. The first-order valence-electron chi connectivity index (χ1n) is 8.71. The highest BCUT2D eigenvalue weighted by Gasteiger charge is 2.23. The topological polar surface area (TPSA) is 66.7 Å². The van der Waals surface area contributed by atoms with E-state index < -0.39 is 0 Å². The summed E-state index contributed by atoms with van der Waals surface area (Å²) in [6.45, 7) is 8.28. The number of amidine groups is 1. The third-order valence-electron chi connectivity index (χ3n) is 4.17. The Morgan fingerprint density at radius 1 is 1.24 bits per heavy atom. The van der Waals surface area contributed by atoms with Gasteiger partial charge in [0.25, 0.3) is 0 Å². The number of ether oxygens (including phenoxy) is 1. The summed E-state index contributed by atoms with van der Waals surface area (Å²) in [4.78, 5) is 9.02. The van der Waals surface area contributed by atoms with Crippen molar-refractivity contribution in [2.45, 2.75) is 52.5 Å². The largest absolute Gasteiger partial charge is 0.438 e. The SMILES string of the molecule is Cc1cc(Oc2nc(C)ccc2C(=NC2CC2)NO)cc(C(C)C)c1. The summed E-state index contributed by atoms with van der Waals surface area (Å²) in [6, 6.07) is 10.2. The molecule has 0 radical (unpaired) electrons. The number of nitrogens with zero attached hydrogens (tertiary/aromatic N) is 2. The zero-order valence-corrected chi connectivity index (χ0v) is 15.2. The van der Waals surface area contributed by atoms with Crippen molar-refractivity contribution in [2.24, 2.45) is 4.99 Å². The second-order valence-corrected chi connectivity index (χ2v) is 6.96. The number of hydroxylamine groups is 1. The van der Waals surface area contributed by atoms with Gasteiger partial charge in [0, 0.05) is 5.69 Å². The molecule has 5 nitrogen and oxygen atoms in total. The lowest BCUT2D eigenvalue weighted by atomic mass is 10.0. The molecule has 1 aromatic heterocycles. The molecule has 25 heavy (non-hydrogen) atoms. The minimum absolute atomic E-state index is 0.273. The van der Waals surface area contributed by atoms with Gasteiger partial charge in [-0.15, -0.1) is 0 Å². The maximum absolute atomic E-state index is 9.51. The fourth-order valence-electron chi connectivity index (χ4n) is 2.62. The maximum Gasteiger partial charge on any atom is 0.230 e. The molecule has 0 saturated heterocycles. The van der Waals surface area contributed by atoms with E-state index in [0.717, 1.165) is 29.8 Å². The zero-order valence-electron chi connectivity index (χ0n) is 15.2. The molecule has 1 aliphatic carbocycles. The highest BCUT2D eigenvalue weighted by Crippen LogP contribution is 2.30. The molecule has 5 heteroatoms. The van der Waals surface area contributed by atoms with Crippen molar-refractivity contribution in [2.75, 3.05) is 0 Å². The molecule has 1 aliphatic rings. The molecule has 0 spiro atoms. The lowest BCUT2D eigenvalue weighted by Gasteiger charge is -2.14. The average Bonchev–Trinajstić information content (AvgIpc) is 3.37. The molecule has 3 rings (SSSR count). The van der Waals surface area contributed by atoms with E-state index in [1.807, 2.05) is 31.2 Å². The molecular weight excluding hydrogens is 314 g/mol. The Labute approximate surface area is 148 Å². The first-order chi connectivity index (χ1) is 12.0. The number of pyridine rings is 1. The van der Waals surface area contributed by atoms with Crippen molar-refractivity contribution in [3.8, 4) is 11.6 Å². The summed E-state index contributed by atoms with van der Waals surface area (Å²) in [6.07, 6.45) is 2.10. The van der Waals surface area contributed by atoms with Crippen LogP contribution in [0.3, 0.4) is 0 Å². The highest BCUT2D eigenvalue weighted by atomic mass is 16.5. The number of nitrogens with one attached hydrogen (secondary N) is 1. The molecule has 2 N–H and O–H groups in total. The Morgan fingerprint density at radius 2 is 2.00 bits per heavy atom. The van der Waals surface area contributed by atoms with E-state index in [0.29, 0.717) is 23.2 Å². The van der Waals surface area contributed by atoms with Crippen LogP contribution in [-0.4, -0.2) is 22.1 Å². The normalized spacial score (nSPS) is 14.7. The van der Waals surface area contributed by atoms with Crippen LogP contribution in [0.1, 0.15) is 55.0 Å². The van der Waals surface area contributed by atoms with E-state index in [1.54, 1.807) is 0 Å². The predicted molar refractivity (Wildman–Crippen MR) is 98.8 cm³/mol. The van der Waals surface area contributed by atoms with Gasteiger partial charge in [0.2, 0.25) is 5.88 Å². The third kappa shape index (κ3) is 4.37. The van der Waals surface area contributed by atoms with Crippen LogP contribution in [0.4, 0.5) is 0 Å². The molecule has 2 aromatic rings. The standard InChI is InChI=1S/C20H25N3O2/c1-12(2)15-9-13(3)10-17(11-15)25-20-18(8-5-14(4)21-20)19(23-24)22-16-6-7-16/h5,8-12,16,24H,6-7H2,1-4H3,(H,22,23). The molecule has 0 bridgehead atoms. The van der Waals surface area contributed by atoms with Gasteiger partial charge in [-0.2, -0.15) is 0 Å². The van der Waals surface area contributed by atoms with Crippen LogP contribution in [-0.2, 0) is 0 Å². The summed E-state index contributed by atoms with van der Waals surface area (Å²) in [5.41, 5.74) is 6.07. The summed E-state index contributed by atoms with van der Waals surface area (Å²) < 4.78 is 6.10. The predicted octanol–water partition coefficient (Wildman–Crippen LogP) is 4.50. The molecule has 0 unspecified atom stereocenters. The molecule has 1 saturated carbocycles. The molecule has 0 atom stereocenters. The Kier molecular flexibility index (Phi) is 5.04. The van der Waals surface area contributed by atoms with Crippen LogP contribution >= 0.6 is 0 Å². The van der Waals surface area contributed by atoms with E-state index in [9.17, 15) is 5.21 Å². The number of hydrogen-bond donors (Lipinski definition) is 2. The molecule has 1 heterocycles. The fourth-order valence-corrected chi connectivity index (χ4v) is 2.62. The van der Waals surface area contributed by atoms with Gasteiger partial charge in [0.05, 0.1) is 11.6 Å². The molecule has 0 aliphatic heterocycles. The van der Waals surface area contributed by atoms with Crippen molar-refractivity contribution in [3.63, 3.8) is 0 Å². The van der Waals surface area contributed by atoms with Crippen molar-refractivity contribution in [3.05, 3.63) is 52.7 Å². The summed E-state index contributed by atoms with van der Waals surface area (Å²) in [7, 11) is 0. The average molecular weight is 339 g/mol. The maximum atomic E-state index is 9.51. The molecule has 1 aromatic carbocycles. The van der Waals surface area contributed by atoms with Crippen LogP contribution in [0.25, 0.3) is 0 Å². The lowest BCUT2D eigenvalue weighted by molar-refractivity contribution is 0.234. The highest BCUT2D eigenvalue weighted by molar-refractivity contribution is 6.00. The van der Waals surface area contributed by atoms with Crippen LogP contribution in [0.2, 0.25) is 0 Å². The van der Waals surface area contributed by atoms with Gasteiger partial charge in [-0.3, -0.25) is 15.7 Å². The Balaban J connectivity index is 1.98. The van der Waals surface area contributed by atoms with Gasteiger partial charge in [-0.05, 0) is 68.0 Å². The number of aliphatic imine (C=N–C) groups is 1. The number of rotatable bonds is 5. The van der Waals surface area contributed by atoms with Crippen LogP contribution in [0.15, 0.2) is 35.3 Å². The summed E-state index contributed by atoms with van der Waals surface area (Å²) in [5.74, 6) is 2.01. The van der Waals surface area contributed by atoms with Crippen LogP contribution in [0.5, 0.6) is 11.6 Å². The molecular formula is C20H25N3O2. The van der Waals surface area contributed by atoms with E-state index in [4.69, 9.17) is 4.74 Å². The van der Waals surface area contributed by atoms with Gasteiger partial charge < -0.3 is 4.74 Å². The quantitative estimate of drug-likeness (QED) is 0.478. The van der Waals surface area contributed by atoms with Crippen LogP contribution in [0, 0.1) is 13.8 Å². The van der Waals surface area contributed by atoms with Crippen LogP contribution < -0.4 is 10.2 Å². The Morgan fingerprint density at radius 3 is 2.64 bits per heavy atom. The zero-order chi connectivity index (χ0) is 18.0. The number of aromatic nitrogens is 1. The van der Waals surface area contributed by atoms with Crippen molar-refractivity contribution >= 4 is 5.84 Å². The first kappa shape index (κ1) is 17.4. The third-order valence-corrected chi connectivity index (χ3v) is 4.17. The Bertz CT molecular complexity index is 796. The molecule has 132 valence electrons. The number of benzene rings is 1. The van der Waals surface area contributed by atoms with Crippen molar-refractivity contribution < 1.29 is 9.94 Å². The number of aryl methyl sites for hydroxylation is 2. The monoisotopic (exact) mass is 339 g/mol. The van der Waals surface area contributed by atoms with Crippen molar-refractivity contribution in [1.82, 2.24) is 10.5 Å². The molecule has 1 fully saturated rings. The number of hydrogen-bond acceptors (Lipinski definition) is 4. The van der Waals surface area contributed by atoms with E-state index in [-0.39, 0.29) is 6.04 Å².